The molecule has 2 rings (SSSR count). The number of aliphatic hydroxyl groups excluding tert-OH is 1. The lowest BCUT2D eigenvalue weighted by Crippen LogP contribution is -2.43. The van der Waals surface area contributed by atoms with Gasteiger partial charge < -0.3 is 10.0 Å². The van der Waals surface area contributed by atoms with Crippen molar-refractivity contribution >= 4 is 5.91 Å². The molecular formula is C15H24F3NO2. The fourth-order valence-corrected chi connectivity index (χ4v) is 3.71. The summed E-state index contributed by atoms with van der Waals surface area (Å²) >= 11 is 0. The summed E-state index contributed by atoms with van der Waals surface area (Å²) in [7, 11) is 0. The van der Waals surface area contributed by atoms with Gasteiger partial charge in [-0.15, -0.1) is 0 Å². The second-order valence-corrected chi connectivity index (χ2v) is 6.51. The van der Waals surface area contributed by atoms with E-state index in [4.69, 9.17) is 0 Å². The van der Waals surface area contributed by atoms with Crippen LogP contribution in [0, 0.1) is 11.8 Å². The first-order chi connectivity index (χ1) is 9.79. The largest absolute Gasteiger partial charge is 0.393 e. The summed E-state index contributed by atoms with van der Waals surface area (Å²) < 4.78 is 38.5. The highest BCUT2D eigenvalue weighted by Crippen LogP contribution is 2.41. The van der Waals surface area contributed by atoms with Crippen molar-refractivity contribution in [2.75, 3.05) is 6.54 Å². The van der Waals surface area contributed by atoms with Gasteiger partial charge in [-0.3, -0.25) is 4.79 Å². The molecule has 2 fully saturated rings. The van der Waals surface area contributed by atoms with E-state index in [-0.39, 0.29) is 24.8 Å². The standard InChI is InChI=1S/C15H24F3NO2/c1-10(20)8-13-6-3-7-19(13)14(21)11-4-2-5-12(9-11)15(16,17)18/h10-13,20H,2-9H2,1H3. The zero-order chi connectivity index (χ0) is 15.6. The molecule has 1 amide bonds. The Balaban J connectivity index is 1.98. The van der Waals surface area contributed by atoms with Crippen LogP contribution in [0.4, 0.5) is 13.2 Å². The van der Waals surface area contributed by atoms with Crippen LogP contribution in [-0.2, 0) is 4.79 Å². The quantitative estimate of drug-likeness (QED) is 0.870. The highest BCUT2D eigenvalue weighted by molar-refractivity contribution is 5.79. The molecule has 0 aromatic carbocycles. The molecule has 0 spiro atoms. The average Bonchev–Trinajstić information content (AvgIpc) is 2.84. The summed E-state index contributed by atoms with van der Waals surface area (Å²) in [6, 6.07) is -0.0104. The minimum atomic E-state index is -4.19. The minimum Gasteiger partial charge on any atom is -0.393 e. The van der Waals surface area contributed by atoms with Gasteiger partial charge in [0, 0.05) is 18.5 Å². The lowest BCUT2D eigenvalue weighted by molar-refractivity contribution is -0.187. The predicted octanol–water partition coefficient (Wildman–Crippen LogP) is 3.12. The van der Waals surface area contributed by atoms with Crippen molar-refractivity contribution in [3.05, 3.63) is 0 Å². The van der Waals surface area contributed by atoms with Crippen LogP contribution >= 0.6 is 0 Å². The average molecular weight is 307 g/mol. The van der Waals surface area contributed by atoms with Crippen LogP contribution in [-0.4, -0.2) is 40.8 Å². The molecule has 0 radical (unpaired) electrons. The summed E-state index contributed by atoms with van der Waals surface area (Å²) in [5.74, 6) is -1.97. The monoisotopic (exact) mass is 307 g/mol. The maximum atomic E-state index is 12.8. The highest BCUT2D eigenvalue weighted by Gasteiger charge is 2.45. The third-order valence-corrected chi connectivity index (χ3v) is 4.76. The Morgan fingerprint density at radius 1 is 1.29 bits per heavy atom. The number of likely N-dealkylation sites (tertiary alicyclic amines) is 1. The van der Waals surface area contributed by atoms with Crippen molar-refractivity contribution < 1.29 is 23.1 Å². The van der Waals surface area contributed by atoms with Gasteiger partial charge in [0.1, 0.15) is 0 Å². The van der Waals surface area contributed by atoms with E-state index in [2.05, 4.69) is 0 Å². The molecule has 0 aromatic rings. The molecule has 1 aliphatic carbocycles. The number of halogens is 3. The van der Waals surface area contributed by atoms with Crippen molar-refractivity contribution in [2.45, 2.75) is 70.2 Å². The number of hydrogen-bond acceptors (Lipinski definition) is 2. The zero-order valence-corrected chi connectivity index (χ0v) is 12.4. The summed E-state index contributed by atoms with van der Waals surface area (Å²) in [5, 5.41) is 9.48. The maximum absolute atomic E-state index is 12.8. The Bertz CT molecular complexity index is 370. The Morgan fingerprint density at radius 3 is 2.62 bits per heavy atom. The van der Waals surface area contributed by atoms with E-state index in [1.54, 1.807) is 11.8 Å². The first kappa shape index (κ1) is 16.6. The number of carbonyl (C=O) groups is 1. The summed E-state index contributed by atoms with van der Waals surface area (Å²) in [5.41, 5.74) is 0. The number of nitrogens with zero attached hydrogens (tertiary/aromatic N) is 1. The smallest absolute Gasteiger partial charge is 0.391 e. The molecule has 1 saturated heterocycles. The van der Waals surface area contributed by atoms with Gasteiger partial charge in [-0.05, 0) is 45.4 Å². The Labute approximate surface area is 123 Å². The van der Waals surface area contributed by atoms with Gasteiger partial charge in [0.25, 0.3) is 0 Å². The molecule has 3 nitrogen and oxygen atoms in total. The van der Waals surface area contributed by atoms with Crippen molar-refractivity contribution in [1.82, 2.24) is 4.90 Å². The Morgan fingerprint density at radius 2 is 2.00 bits per heavy atom. The number of alkyl halides is 3. The summed E-state index contributed by atoms with van der Waals surface area (Å²) in [6.45, 7) is 2.30. The van der Waals surface area contributed by atoms with Crippen LogP contribution in [0.15, 0.2) is 0 Å². The van der Waals surface area contributed by atoms with Gasteiger partial charge in [-0.2, -0.15) is 13.2 Å². The normalized spacial score (nSPS) is 32.2. The predicted molar refractivity (Wildman–Crippen MR) is 72.5 cm³/mol. The van der Waals surface area contributed by atoms with Crippen molar-refractivity contribution in [3.63, 3.8) is 0 Å². The molecule has 2 aliphatic rings. The number of carbonyl (C=O) groups excluding carboxylic acids is 1. The summed E-state index contributed by atoms with van der Waals surface area (Å²) in [4.78, 5) is 14.3. The zero-order valence-electron chi connectivity index (χ0n) is 12.4. The van der Waals surface area contributed by atoms with E-state index in [1.165, 1.54) is 0 Å². The molecule has 0 aromatic heterocycles. The van der Waals surface area contributed by atoms with Crippen LogP contribution in [0.3, 0.4) is 0 Å². The van der Waals surface area contributed by atoms with E-state index in [0.29, 0.717) is 25.8 Å². The van der Waals surface area contributed by atoms with E-state index in [0.717, 1.165) is 12.8 Å². The summed E-state index contributed by atoms with van der Waals surface area (Å²) in [6.07, 6.45) is -1.35. The Kier molecular flexibility index (Phi) is 5.17. The van der Waals surface area contributed by atoms with Gasteiger partial charge >= 0.3 is 6.18 Å². The first-order valence-corrected chi connectivity index (χ1v) is 7.84. The van der Waals surface area contributed by atoms with Gasteiger partial charge in [0.2, 0.25) is 5.91 Å². The van der Waals surface area contributed by atoms with Crippen LogP contribution in [0.25, 0.3) is 0 Å². The maximum Gasteiger partial charge on any atom is 0.391 e. The molecule has 1 N–H and O–H groups in total. The lowest BCUT2D eigenvalue weighted by Gasteiger charge is -2.34. The van der Waals surface area contributed by atoms with Gasteiger partial charge in [-0.1, -0.05) is 6.42 Å². The lowest BCUT2D eigenvalue weighted by atomic mass is 9.80. The molecule has 1 aliphatic heterocycles. The number of rotatable bonds is 3. The number of aliphatic hydroxyl groups is 1. The van der Waals surface area contributed by atoms with E-state index in [1.807, 2.05) is 0 Å². The third-order valence-electron chi connectivity index (χ3n) is 4.76. The van der Waals surface area contributed by atoms with Crippen LogP contribution in [0.5, 0.6) is 0 Å². The van der Waals surface area contributed by atoms with Crippen molar-refractivity contribution in [3.8, 4) is 0 Å². The van der Waals surface area contributed by atoms with Gasteiger partial charge in [0.15, 0.2) is 0 Å². The van der Waals surface area contributed by atoms with Crippen LogP contribution in [0.1, 0.15) is 51.9 Å². The van der Waals surface area contributed by atoms with Gasteiger partial charge in [0.05, 0.1) is 12.0 Å². The molecule has 4 unspecified atom stereocenters. The van der Waals surface area contributed by atoms with E-state index < -0.39 is 24.1 Å². The fourth-order valence-electron chi connectivity index (χ4n) is 3.71. The SMILES string of the molecule is CC(O)CC1CCCN1C(=O)C1CCCC(C(F)(F)F)C1. The molecule has 1 heterocycles. The first-order valence-electron chi connectivity index (χ1n) is 7.84. The molecule has 21 heavy (non-hydrogen) atoms. The fraction of sp³-hybridized carbons (Fsp3) is 0.933. The van der Waals surface area contributed by atoms with E-state index in [9.17, 15) is 23.1 Å². The van der Waals surface area contributed by atoms with Crippen LogP contribution < -0.4 is 0 Å². The minimum absolute atomic E-state index is 0.0104. The molecule has 6 heteroatoms. The van der Waals surface area contributed by atoms with Crippen molar-refractivity contribution in [1.29, 1.82) is 0 Å². The molecule has 122 valence electrons. The number of amides is 1. The third kappa shape index (κ3) is 4.11. The Hall–Kier alpha value is -0.780. The number of hydrogen-bond donors (Lipinski definition) is 1. The van der Waals surface area contributed by atoms with E-state index >= 15 is 0 Å². The molecule has 0 bridgehead atoms. The second-order valence-electron chi connectivity index (χ2n) is 6.51. The second kappa shape index (κ2) is 6.55. The topological polar surface area (TPSA) is 40.5 Å². The highest BCUT2D eigenvalue weighted by atomic mass is 19.4. The van der Waals surface area contributed by atoms with Gasteiger partial charge in [-0.25, -0.2) is 0 Å². The van der Waals surface area contributed by atoms with Crippen LogP contribution in [0.2, 0.25) is 0 Å². The molecular weight excluding hydrogens is 283 g/mol. The molecule has 4 atom stereocenters. The van der Waals surface area contributed by atoms with Crippen molar-refractivity contribution in [2.24, 2.45) is 11.8 Å². The molecule has 1 saturated carbocycles.